The summed E-state index contributed by atoms with van der Waals surface area (Å²) < 4.78 is 7.70. The largest absolute Gasteiger partial charge is 0.467 e. The third-order valence-electron chi connectivity index (χ3n) is 2.98. The van der Waals surface area contributed by atoms with E-state index in [-0.39, 0.29) is 5.41 Å². The van der Waals surface area contributed by atoms with Gasteiger partial charge in [-0.15, -0.1) is 0 Å². The van der Waals surface area contributed by atoms with E-state index in [1.165, 1.54) is 0 Å². The van der Waals surface area contributed by atoms with Crippen molar-refractivity contribution < 1.29 is 9.84 Å². The van der Waals surface area contributed by atoms with Crippen LogP contribution in [0.2, 0.25) is 0 Å². The molecule has 0 saturated heterocycles. The molecule has 1 heterocycles. The van der Waals surface area contributed by atoms with Gasteiger partial charge in [0.2, 0.25) is 6.23 Å². The molecule has 102 valence electrons. The molecular formula is C15H20N2O2. The molecule has 0 aliphatic rings. The lowest BCUT2D eigenvalue weighted by atomic mass is 9.88. The van der Waals surface area contributed by atoms with Crippen molar-refractivity contribution in [3.8, 4) is 5.75 Å². The SMILES string of the molecule is CC(C)(C)C(O)C(Oc1ccccc1)n1ccnc1. The molecule has 2 rings (SSSR count). The average Bonchev–Trinajstić information content (AvgIpc) is 2.89. The van der Waals surface area contributed by atoms with Gasteiger partial charge in [0.25, 0.3) is 0 Å². The molecule has 0 amide bonds. The molecule has 0 spiro atoms. The first kappa shape index (κ1) is 13.6. The van der Waals surface area contributed by atoms with E-state index in [4.69, 9.17) is 4.74 Å². The zero-order valence-corrected chi connectivity index (χ0v) is 11.5. The highest BCUT2D eigenvalue weighted by Crippen LogP contribution is 2.30. The topological polar surface area (TPSA) is 47.3 Å². The first-order valence-electron chi connectivity index (χ1n) is 6.36. The van der Waals surface area contributed by atoms with Gasteiger partial charge in [-0.2, -0.15) is 0 Å². The van der Waals surface area contributed by atoms with E-state index in [0.29, 0.717) is 0 Å². The highest BCUT2D eigenvalue weighted by Gasteiger charge is 2.33. The summed E-state index contributed by atoms with van der Waals surface area (Å²) in [6, 6.07) is 9.49. The monoisotopic (exact) mass is 260 g/mol. The minimum Gasteiger partial charge on any atom is -0.467 e. The molecule has 4 nitrogen and oxygen atoms in total. The molecule has 1 aromatic heterocycles. The third kappa shape index (κ3) is 3.35. The molecule has 2 aromatic rings. The van der Waals surface area contributed by atoms with Crippen LogP contribution >= 0.6 is 0 Å². The molecule has 4 heteroatoms. The van der Waals surface area contributed by atoms with Crippen molar-refractivity contribution in [3.63, 3.8) is 0 Å². The Morgan fingerprint density at radius 2 is 1.89 bits per heavy atom. The van der Waals surface area contributed by atoms with Crippen LogP contribution in [0.5, 0.6) is 5.75 Å². The van der Waals surface area contributed by atoms with E-state index in [1.807, 2.05) is 51.1 Å². The molecule has 0 radical (unpaired) electrons. The first-order valence-corrected chi connectivity index (χ1v) is 6.36. The number of nitrogens with zero attached hydrogens (tertiary/aromatic N) is 2. The van der Waals surface area contributed by atoms with Gasteiger partial charge in [0.15, 0.2) is 0 Å². The molecule has 19 heavy (non-hydrogen) atoms. The lowest BCUT2D eigenvalue weighted by Crippen LogP contribution is -2.38. The normalized spacial score (nSPS) is 14.9. The maximum absolute atomic E-state index is 10.5. The second-order valence-corrected chi connectivity index (χ2v) is 5.64. The summed E-state index contributed by atoms with van der Waals surface area (Å²) >= 11 is 0. The van der Waals surface area contributed by atoms with Crippen LogP contribution in [0.1, 0.15) is 27.0 Å². The van der Waals surface area contributed by atoms with Gasteiger partial charge in [0.05, 0.1) is 6.33 Å². The van der Waals surface area contributed by atoms with Crippen molar-refractivity contribution >= 4 is 0 Å². The number of para-hydroxylation sites is 1. The van der Waals surface area contributed by atoms with E-state index < -0.39 is 12.3 Å². The zero-order chi connectivity index (χ0) is 13.9. The van der Waals surface area contributed by atoms with Crippen molar-refractivity contribution in [1.82, 2.24) is 9.55 Å². The van der Waals surface area contributed by atoms with Crippen LogP contribution in [0.4, 0.5) is 0 Å². The molecule has 0 saturated carbocycles. The molecule has 0 aliphatic heterocycles. The standard InChI is InChI=1S/C15H20N2O2/c1-15(2,3)13(18)14(17-10-9-16-11-17)19-12-7-5-4-6-8-12/h4-11,13-14,18H,1-3H3. The fourth-order valence-corrected chi connectivity index (χ4v) is 1.77. The van der Waals surface area contributed by atoms with E-state index in [1.54, 1.807) is 23.3 Å². The second kappa shape index (κ2) is 5.45. The number of aliphatic hydroxyl groups is 1. The van der Waals surface area contributed by atoms with Crippen molar-refractivity contribution in [1.29, 1.82) is 0 Å². The summed E-state index contributed by atoms with van der Waals surface area (Å²) in [6.45, 7) is 5.95. The van der Waals surface area contributed by atoms with Crippen molar-refractivity contribution in [2.75, 3.05) is 0 Å². The van der Waals surface area contributed by atoms with Gasteiger partial charge in [-0.05, 0) is 17.5 Å². The summed E-state index contributed by atoms with van der Waals surface area (Å²) in [7, 11) is 0. The number of ether oxygens (including phenoxy) is 1. The number of rotatable bonds is 4. The molecule has 1 aromatic carbocycles. The average molecular weight is 260 g/mol. The minimum atomic E-state index is -0.651. The number of benzene rings is 1. The Kier molecular flexibility index (Phi) is 3.90. The Balaban J connectivity index is 2.25. The Labute approximate surface area is 113 Å². The van der Waals surface area contributed by atoms with Gasteiger partial charge in [-0.1, -0.05) is 39.0 Å². The Morgan fingerprint density at radius 1 is 1.21 bits per heavy atom. The fourth-order valence-electron chi connectivity index (χ4n) is 1.77. The van der Waals surface area contributed by atoms with Gasteiger partial charge < -0.3 is 9.84 Å². The van der Waals surface area contributed by atoms with Crippen molar-refractivity contribution in [2.45, 2.75) is 33.1 Å². The van der Waals surface area contributed by atoms with Gasteiger partial charge in [-0.3, -0.25) is 4.57 Å². The maximum Gasteiger partial charge on any atom is 0.203 e. The molecular weight excluding hydrogens is 240 g/mol. The maximum atomic E-state index is 10.5. The molecule has 0 aliphatic carbocycles. The lowest BCUT2D eigenvalue weighted by molar-refractivity contribution is -0.0674. The highest BCUT2D eigenvalue weighted by atomic mass is 16.5. The van der Waals surface area contributed by atoms with Gasteiger partial charge >= 0.3 is 0 Å². The third-order valence-corrected chi connectivity index (χ3v) is 2.98. The predicted molar refractivity (Wildman–Crippen MR) is 73.8 cm³/mol. The molecule has 2 unspecified atom stereocenters. The van der Waals surface area contributed by atoms with Gasteiger partial charge in [-0.25, -0.2) is 4.98 Å². The van der Waals surface area contributed by atoms with Gasteiger partial charge in [0.1, 0.15) is 11.9 Å². The highest BCUT2D eigenvalue weighted by molar-refractivity contribution is 5.21. The number of aromatic nitrogens is 2. The first-order chi connectivity index (χ1) is 8.98. The van der Waals surface area contributed by atoms with Crippen LogP contribution in [0.15, 0.2) is 49.1 Å². The predicted octanol–water partition coefficient (Wildman–Crippen LogP) is 2.87. The molecule has 0 bridgehead atoms. The second-order valence-electron chi connectivity index (χ2n) is 5.64. The number of aliphatic hydroxyl groups excluding tert-OH is 1. The van der Waals surface area contributed by atoms with Crippen molar-refractivity contribution in [2.24, 2.45) is 5.41 Å². The number of imidazole rings is 1. The summed E-state index contributed by atoms with van der Waals surface area (Å²) in [5.41, 5.74) is -0.288. The Hall–Kier alpha value is -1.81. The fraction of sp³-hybridized carbons (Fsp3) is 0.400. The quantitative estimate of drug-likeness (QED) is 0.919. The molecule has 1 N–H and O–H groups in total. The molecule has 0 fully saturated rings. The molecule has 2 atom stereocenters. The summed E-state index contributed by atoms with van der Waals surface area (Å²) in [5.74, 6) is 0.726. The van der Waals surface area contributed by atoms with Crippen LogP contribution in [0.3, 0.4) is 0 Å². The van der Waals surface area contributed by atoms with E-state index in [0.717, 1.165) is 5.75 Å². The van der Waals surface area contributed by atoms with Gasteiger partial charge in [0, 0.05) is 12.4 Å². The van der Waals surface area contributed by atoms with Crippen LogP contribution < -0.4 is 4.74 Å². The van der Waals surface area contributed by atoms with E-state index >= 15 is 0 Å². The van der Waals surface area contributed by atoms with E-state index in [2.05, 4.69) is 4.98 Å². The Bertz CT molecular complexity index is 489. The van der Waals surface area contributed by atoms with E-state index in [9.17, 15) is 5.11 Å². The number of hydrogen-bond donors (Lipinski definition) is 1. The summed E-state index contributed by atoms with van der Waals surface area (Å²) in [5, 5.41) is 10.5. The zero-order valence-electron chi connectivity index (χ0n) is 11.5. The summed E-state index contributed by atoms with van der Waals surface area (Å²) in [4.78, 5) is 4.02. The Morgan fingerprint density at radius 3 is 2.42 bits per heavy atom. The number of hydrogen-bond acceptors (Lipinski definition) is 3. The smallest absolute Gasteiger partial charge is 0.203 e. The minimum absolute atomic E-state index is 0.288. The van der Waals surface area contributed by atoms with Crippen LogP contribution in [0.25, 0.3) is 0 Å². The summed E-state index contributed by atoms with van der Waals surface area (Å²) in [6.07, 6.45) is 3.98. The van der Waals surface area contributed by atoms with Crippen LogP contribution in [-0.4, -0.2) is 20.8 Å². The van der Waals surface area contributed by atoms with Crippen LogP contribution in [-0.2, 0) is 0 Å². The van der Waals surface area contributed by atoms with Crippen LogP contribution in [0, 0.1) is 5.41 Å². The van der Waals surface area contributed by atoms with Crippen molar-refractivity contribution in [3.05, 3.63) is 49.1 Å². The lowest BCUT2D eigenvalue weighted by Gasteiger charge is -2.33.